The van der Waals surface area contributed by atoms with E-state index in [0.29, 0.717) is 12.3 Å². The van der Waals surface area contributed by atoms with Gasteiger partial charge in [0, 0.05) is 26.1 Å². The lowest BCUT2D eigenvalue weighted by Gasteiger charge is -2.47. The molecule has 1 aliphatic rings. The van der Waals surface area contributed by atoms with E-state index in [2.05, 4.69) is 94.9 Å². The molecule has 1 heterocycles. The monoisotopic (exact) mass is 540 g/mol. The summed E-state index contributed by atoms with van der Waals surface area (Å²) in [6, 6.07) is 21.3. The van der Waals surface area contributed by atoms with E-state index < -0.39 is 8.32 Å². The second-order valence-electron chi connectivity index (χ2n) is 11.8. The van der Waals surface area contributed by atoms with Crippen LogP contribution in [0, 0.1) is 11.8 Å². The third-order valence-electron chi connectivity index (χ3n) is 7.87. The summed E-state index contributed by atoms with van der Waals surface area (Å²) in [5, 5.41) is 12.5. The Balaban J connectivity index is 2.13. The first-order valence-electron chi connectivity index (χ1n) is 13.9. The quantitative estimate of drug-likeness (QED) is 0.200. The first-order valence-corrected chi connectivity index (χ1v) is 15.8. The molecule has 1 fully saturated rings. The fourth-order valence-corrected chi connectivity index (χ4v) is 10.6. The molecule has 0 aliphatic carbocycles. The summed E-state index contributed by atoms with van der Waals surface area (Å²) >= 11 is 0. The van der Waals surface area contributed by atoms with Gasteiger partial charge in [0.2, 0.25) is 0 Å². The van der Waals surface area contributed by atoms with Crippen molar-refractivity contribution < 1.29 is 23.7 Å². The lowest BCUT2D eigenvalue weighted by Crippen LogP contribution is -2.69. The first kappa shape index (κ1) is 30.7. The standard InChI is InChI=1S/C32H48O5Si/c1-8-15-29-24(2)20-26(36-29)21-30(31(25(3)22-33)35-23-34-7)37-38(32(4,5)6,27-16-11-9-12-17-27)28-18-13-10-14-19-28/h8-14,16-19,24-26,29-31,33H,1,15,20-23H2,2-7H3/t24-,25+,26+,29-,30-,31-/m0/s1. The number of aliphatic hydroxyl groups excluding tert-OH is 1. The van der Waals surface area contributed by atoms with Gasteiger partial charge in [-0.1, -0.05) is 101 Å². The highest BCUT2D eigenvalue weighted by Crippen LogP contribution is 2.40. The van der Waals surface area contributed by atoms with Crippen LogP contribution >= 0.6 is 0 Å². The molecule has 2 aromatic carbocycles. The van der Waals surface area contributed by atoms with Crippen LogP contribution in [0.15, 0.2) is 73.3 Å². The summed E-state index contributed by atoms with van der Waals surface area (Å²) in [6.07, 6.45) is 3.96. The van der Waals surface area contributed by atoms with Gasteiger partial charge in [-0.2, -0.15) is 0 Å². The molecule has 210 valence electrons. The van der Waals surface area contributed by atoms with Crippen LogP contribution in [-0.2, 0) is 18.6 Å². The Hall–Kier alpha value is -1.80. The second-order valence-corrected chi connectivity index (χ2v) is 16.0. The molecule has 0 spiro atoms. The molecule has 3 rings (SSSR count). The Bertz CT molecular complexity index is 921. The van der Waals surface area contributed by atoms with Crippen molar-refractivity contribution in [2.24, 2.45) is 11.8 Å². The summed E-state index contributed by atoms with van der Waals surface area (Å²) in [7, 11) is -1.24. The fraction of sp³-hybridized carbons (Fsp3) is 0.562. The molecule has 1 saturated heterocycles. The predicted octanol–water partition coefficient (Wildman–Crippen LogP) is 5.31. The number of rotatable bonds is 14. The van der Waals surface area contributed by atoms with Crippen molar-refractivity contribution >= 4 is 18.7 Å². The second kappa shape index (κ2) is 14.0. The van der Waals surface area contributed by atoms with Gasteiger partial charge in [0.05, 0.1) is 24.4 Å². The highest BCUT2D eigenvalue weighted by Gasteiger charge is 2.53. The number of benzene rings is 2. The summed E-state index contributed by atoms with van der Waals surface area (Å²) in [4.78, 5) is 0. The van der Waals surface area contributed by atoms with Gasteiger partial charge >= 0.3 is 0 Å². The lowest BCUT2D eigenvalue weighted by molar-refractivity contribution is -0.139. The Kier molecular flexibility index (Phi) is 11.3. The van der Waals surface area contributed by atoms with Gasteiger partial charge in [0.25, 0.3) is 8.32 Å². The van der Waals surface area contributed by atoms with Gasteiger partial charge in [-0.25, -0.2) is 0 Å². The first-order chi connectivity index (χ1) is 18.2. The van der Waals surface area contributed by atoms with Crippen LogP contribution in [0.1, 0.15) is 53.9 Å². The van der Waals surface area contributed by atoms with Crippen molar-refractivity contribution in [2.45, 2.75) is 83.3 Å². The van der Waals surface area contributed by atoms with Crippen molar-refractivity contribution in [3.05, 3.63) is 73.3 Å². The molecule has 0 bridgehead atoms. The topological polar surface area (TPSA) is 57.2 Å². The summed E-state index contributed by atoms with van der Waals surface area (Å²) in [6.45, 7) is 15.2. The van der Waals surface area contributed by atoms with E-state index in [1.54, 1.807) is 7.11 Å². The minimum absolute atomic E-state index is 0.00396. The average molecular weight is 541 g/mol. The number of methoxy groups -OCH3 is 1. The molecule has 1 N–H and O–H groups in total. The zero-order valence-corrected chi connectivity index (χ0v) is 25.1. The summed E-state index contributed by atoms with van der Waals surface area (Å²) in [5.74, 6) is 0.302. The molecular formula is C32H48O5Si. The fourth-order valence-electron chi connectivity index (χ4n) is 5.92. The van der Waals surface area contributed by atoms with E-state index in [-0.39, 0.29) is 48.8 Å². The molecular weight excluding hydrogens is 492 g/mol. The minimum Gasteiger partial charge on any atom is -0.402 e. The maximum absolute atomic E-state index is 10.3. The van der Waals surface area contributed by atoms with Gasteiger partial charge in [0.15, 0.2) is 0 Å². The third-order valence-corrected chi connectivity index (χ3v) is 12.9. The largest absolute Gasteiger partial charge is 0.402 e. The van der Waals surface area contributed by atoms with Crippen molar-refractivity contribution in [3.63, 3.8) is 0 Å². The number of ether oxygens (including phenoxy) is 3. The number of hydrogen-bond acceptors (Lipinski definition) is 5. The van der Waals surface area contributed by atoms with Crippen LogP contribution < -0.4 is 10.4 Å². The lowest BCUT2D eigenvalue weighted by atomic mass is 9.93. The maximum Gasteiger partial charge on any atom is 0.261 e. The van der Waals surface area contributed by atoms with Crippen molar-refractivity contribution in [1.29, 1.82) is 0 Å². The maximum atomic E-state index is 10.3. The SMILES string of the molecule is C=CC[C@@H]1O[C@@H](C[C@H](O[Si](c2ccccc2)(c2ccccc2)C(C)(C)C)[C@@H](OCOC)[C@H](C)CO)C[C@@H]1C. The molecule has 0 unspecified atom stereocenters. The zero-order valence-electron chi connectivity index (χ0n) is 24.1. The summed E-state index contributed by atoms with van der Waals surface area (Å²) in [5.41, 5.74) is 0. The van der Waals surface area contributed by atoms with E-state index in [1.807, 2.05) is 13.0 Å². The van der Waals surface area contributed by atoms with Crippen LogP contribution in [0.3, 0.4) is 0 Å². The van der Waals surface area contributed by atoms with E-state index in [9.17, 15) is 5.11 Å². The predicted molar refractivity (Wildman–Crippen MR) is 157 cm³/mol. The Morgan fingerprint density at radius 2 is 1.66 bits per heavy atom. The van der Waals surface area contributed by atoms with Crippen LogP contribution in [-0.4, -0.2) is 58.3 Å². The van der Waals surface area contributed by atoms with Crippen LogP contribution in [0.2, 0.25) is 5.04 Å². The van der Waals surface area contributed by atoms with Gasteiger partial charge in [0.1, 0.15) is 6.79 Å². The van der Waals surface area contributed by atoms with Crippen LogP contribution in [0.25, 0.3) is 0 Å². The van der Waals surface area contributed by atoms with Crippen LogP contribution in [0.5, 0.6) is 0 Å². The van der Waals surface area contributed by atoms with Crippen molar-refractivity contribution in [2.75, 3.05) is 20.5 Å². The third kappa shape index (κ3) is 7.03. The van der Waals surface area contributed by atoms with Crippen molar-refractivity contribution in [1.82, 2.24) is 0 Å². The van der Waals surface area contributed by atoms with Gasteiger partial charge in [-0.15, -0.1) is 6.58 Å². The van der Waals surface area contributed by atoms with E-state index in [0.717, 1.165) is 12.8 Å². The molecule has 0 amide bonds. The van der Waals surface area contributed by atoms with E-state index >= 15 is 0 Å². The Morgan fingerprint density at radius 1 is 1.08 bits per heavy atom. The van der Waals surface area contributed by atoms with E-state index in [4.69, 9.17) is 18.6 Å². The Labute approximate surface area is 231 Å². The summed E-state index contributed by atoms with van der Waals surface area (Å²) < 4.78 is 25.8. The van der Waals surface area contributed by atoms with Gasteiger partial charge < -0.3 is 23.7 Å². The smallest absolute Gasteiger partial charge is 0.261 e. The molecule has 2 aromatic rings. The average Bonchev–Trinajstić information content (AvgIpc) is 3.25. The highest BCUT2D eigenvalue weighted by atomic mass is 28.4. The van der Waals surface area contributed by atoms with Gasteiger partial charge in [-0.05, 0) is 34.2 Å². The molecule has 0 aromatic heterocycles. The molecule has 5 nitrogen and oxygen atoms in total. The van der Waals surface area contributed by atoms with Crippen molar-refractivity contribution in [3.8, 4) is 0 Å². The number of aliphatic hydroxyl groups is 1. The molecule has 0 radical (unpaired) electrons. The molecule has 1 aliphatic heterocycles. The minimum atomic E-state index is -2.87. The highest BCUT2D eigenvalue weighted by molar-refractivity contribution is 6.99. The number of hydrogen-bond donors (Lipinski definition) is 1. The molecule has 6 atom stereocenters. The molecule has 38 heavy (non-hydrogen) atoms. The van der Waals surface area contributed by atoms with Crippen LogP contribution in [0.4, 0.5) is 0 Å². The zero-order chi connectivity index (χ0) is 27.8. The molecule has 6 heteroatoms. The normalized spacial score (nSPS) is 22.7. The van der Waals surface area contributed by atoms with Gasteiger partial charge in [-0.3, -0.25) is 0 Å². The Morgan fingerprint density at radius 3 is 2.13 bits per heavy atom. The molecule has 0 saturated carbocycles. The van der Waals surface area contributed by atoms with E-state index in [1.165, 1.54) is 10.4 Å².